The number of nitrogens with one attached hydrogen (secondary N) is 2. The van der Waals surface area contributed by atoms with E-state index in [9.17, 15) is 18.0 Å². The molecule has 0 aliphatic rings. The van der Waals surface area contributed by atoms with Gasteiger partial charge in [0.15, 0.2) is 0 Å². The summed E-state index contributed by atoms with van der Waals surface area (Å²) in [5.41, 5.74) is -0.320. The van der Waals surface area contributed by atoms with E-state index >= 15 is 0 Å². The van der Waals surface area contributed by atoms with E-state index in [1.165, 1.54) is 6.07 Å². The van der Waals surface area contributed by atoms with Crippen molar-refractivity contribution in [2.45, 2.75) is 31.9 Å². The zero-order chi connectivity index (χ0) is 15.9. The molecule has 7 heteroatoms. The number of carbonyl (C=O) groups excluding carboxylic acids is 1. The molecule has 0 fully saturated rings. The lowest BCUT2D eigenvalue weighted by molar-refractivity contribution is -0.137. The Bertz CT molecular complexity index is 466. The van der Waals surface area contributed by atoms with E-state index in [0.717, 1.165) is 25.1 Å². The van der Waals surface area contributed by atoms with Crippen LogP contribution in [0.4, 0.5) is 13.2 Å². The normalized spacial score (nSPS) is 12.4. The highest BCUT2D eigenvalue weighted by Gasteiger charge is 2.31. The van der Waals surface area contributed by atoms with Gasteiger partial charge in [0.05, 0.1) is 11.5 Å². The molecule has 2 N–H and O–H groups in total. The van der Waals surface area contributed by atoms with Gasteiger partial charge in [-0.1, -0.05) is 25.1 Å². The first-order valence-corrected chi connectivity index (χ1v) is 6.99. The van der Waals surface area contributed by atoms with Crippen LogP contribution in [0.15, 0.2) is 24.3 Å². The molecule has 0 heterocycles. The third kappa shape index (κ3) is 6.23. The summed E-state index contributed by atoms with van der Waals surface area (Å²) in [4.78, 5) is 12.1. The highest BCUT2D eigenvalue weighted by molar-refractivity contribution is 5.85. The number of halogens is 4. The largest absolute Gasteiger partial charge is 0.416 e. The molecule has 1 aromatic rings. The Balaban J connectivity index is 0.00000441. The molecular formula is C15H22ClF3N2O. The van der Waals surface area contributed by atoms with Crippen LogP contribution < -0.4 is 10.6 Å². The molecule has 0 aromatic heterocycles. The van der Waals surface area contributed by atoms with E-state index in [-0.39, 0.29) is 18.3 Å². The number of carbonyl (C=O) groups is 1. The quantitative estimate of drug-likeness (QED) is 0.749. The molecule has 0 saturated heterocycles. The van der Waals surface area contributed by atoms with Crippen LogP contribution in [0.1, 0.15) is 36.8 Å². The van der Waals surface area contributed by atoms with Gasteiger partial charge < -0.3 is 10.6 Å². The standard InChI is InChI=1S/C15H21F3N2O.ClH/c1-3-13(14(21)20-9-5-8-19-2)11-6-4-7-12(10-11)15(16,17)18;/h4,6-7,10,13,19H,3,5,8-9H2,1-2H3,(H,20,21);1H. The van der Waals surface area contributed by atoms with E-state index in [1.54, 1.807) is 13.0 Å². The van der Waals surface area contributed by atoms with Gasteiger partial charge in [-0.3, -0.25) is 4.79 Å². The first kappa shape index (κ1) is 20.7. The molecule has 0 spiro atoms. The third-order valence-electron chi connectivity index (χ3n) is 3.24. The fraction of sp³-hybridized carbons (Fsp3) is 0.533. The van der Waals surface area contributed by atoms with Crippen LogP contribution in [-0.2, 0) is 11.0 Å². The fourth-order valence-corrected chi connectivity index (χ4v) is 2.10. The van der Waals surface area contributed by atoms with Crippen molar-refractivity contribution in [3.8, 4) is 0 Å². The van der Waals surface area contributed by atoms with E-state index < -0.39 is 17.7 Å². The lowest BCUT2D eigenvalue weighted by Crippen LogP contribution is -2.31. The van der Waals surface area contributed by atoms with Crippen molar-refractivity contribution >= 4 is 18.3 Å². The minimum atomic E-state index is -4.39. The lowest BCUT2D eigenvalue weighted by atomic mass is 9.94. The van der Waals surface area contributed by atoms with Gasteiger partial charge in [0.2, 0.25) is 5.91 Å². The smallest absolute Gasteiger partial charge is 0.356 e. The summed E-state index contributed by atoms with van der Waals surface area (Å²) >= 11 is 0. The van der Waals surface area contributed by atoms with Crippen LogP contribution in [0, 0.1) is 0 Å². The average molecular weight is 339 g/mol. The summed E-state index contributed by atoms with van der Waals surface area (Å²) < 4.78 is 38.1. The zero-order valence-electron chi connectivity index (χ0n) is 12.7. The maximum Gasteiger partial charge on any atom is 0.416 e. The minimum Gasteiger partial charge on any atom is -0.356 e. The first-order valence-electron chi connectivity index (χ1n) is 6.99. The van der Waals surface area contributed by atoms with Crippen molar-refractivity contribution in [3.05, 3.63) is 35.4 Å². The van der Waals surface area contributed by atoms with Crippen LogP contribution in [-0.4, -0.2) is 26.0 Å². The predicted octanol–water partition coefficient (Wildman–Crippen LogP) is 3.35. The van der Waals surface area contributed by atoms with Gasteiger partial charge in [0.25, 0.3) is 0 Å². The summed E-state index contributed by atoms with van der Waals surface area (Å²) in [6.07, 6.45) is -3.15. The Labute approximate surface area is 135 Å². The zero-order valence-corrected chi connectivity index (χ0v) is 13.5. The van der Waals surface area contributed by atoms with Gasteiger partial charge >= 0.3 is 6.18 Å². The lowest BCUT2D eigenvalue weighted by Gasteiger charge is -2.17. The molecule has 1 amide bonds. The van der Waals surface area contributed by atoms with Gasteiger partial charge in [-0.15, -0.1) is 12.4 Å². The Kier molecular flexibility index (Phi) is 9.13. The highest BCUT2D eigenvalue weighted by atomic mass is 35.5. The van der Waals surface area contributed by atoms with E-state index in [0.29, 0.717) is 18.5 Å². The van der Waals surface area contributed by atoms with E-state index in [4.69, 9.17) is 0 Å². The molecule has 0 bridgehead atoms. The third-order valence-corrected chi connectivity index (χ3v) is 3.24. The topological polar surface area (TPSA) is 41.1 Å². The van der Waals surface area contributed by atoms with Gasteiger partial charge in [-0.25, -0.2) is 0 Å². The van der Waals surface area contributed by atoms with Gasteiger partial charge in [-0.05, 0) is 38.1 Å². The molecule has 1 unspecified atom stereocenters. The molecule has 0 aliphatic carbocycles. The van der Waals surface area contributed by atoms with Gasteiger partial charge in [0.1, 0.15) is 0 Å². The molecule has 126 valence electrons. The summed E-state index contributed by atoms with van der Waals surface area (Å²) in [5, 5.41) is 5.73. The summed E-state index contributed by atoms with van der Waals surface area (Å²) in [6.45, 7) is 3.08. The van der Waals surface area contributed by atoms with Gasteiger partial charge in [-0.2, -0.15) is 13.2 Å². The molecular weight excluding hydrogens is 317 g/mol. The predicted molar refractivity (Wildman–Crippen MR) is 83.3 cm³/mol. The second kappa shape index (κ2) is 9.69. The monoisotopic (exact) mass is 338 g/mol. The van der Waals surface area contributed by atoms with Crippen molar-refractivity contribution in [1.29, 1.82) is 0 Å². The van der Waals surface area contributed by atoms with Crippen molar-refractivity contribution in [3.63, 3.8) is 0 Å². The fourth-order valence-electron chi connectivity index (χ4n) is 2.10. The van der Waals surface area contributed by atoms with Crippen LogP contribution in [0.3, 0.4) is 0 Å². The van der Waals surface area contributed by atoms with Crippen LogP contribution >= 0.6 is 12.4 Å². The number of amides is 1. The van der Waals surface area contributed by atoms with Crippen molar-refractivity contribution in [2.75, 3.05) is 20.1 Å². The highest BCUT2D eigenvalue weighted by Crippen LogP contribution is 2.31. The maximum absolute atomic E-state index is 12.7. The van der Waals surface area contributed by atoms with E-state index in [1.807, 2.05) is 7.05 Å². The Morgan fingerprint density at radius 3 is 2.50 bits per heavy atom. The molecule has 3 nitrogen and oxygen atoms in total. The summed E-state index contributed by atoms with van der Waals surface area (Å²) in [7, 11) is 1.82. The van der Waals surface area contributed by atoms with Gasteiger partial charge in [0, 0.05) is 6.54 Å². The molecule has 1 aromatic carbocycles. The second-order valence-electron chi connectivity index (χ2n) is 4.83. The Morgan fingerprint density at radius 1 is 1.27 bits per heavy atom. The Hall–Kier alpha value is -1.27. The average Bonchev–Trinajstić information content (AvgIpc) is 2.44. The molecule has 1 rings (SSSR count). The molecule has 1 atom stereocenters. The van der Waals surface area contributed by atoms with Crippen LogP contribution in [0.5, 0.6) is 0 Å². The molecule has 0 radical (unpaired) electrons. The second-order valence-corrected chi connectivity index (χ2v) is 4.83. The van der Waals surface area contributed by atoms with E-state index in [2.05, 4.69) is 10.6 Å². The molecule has 0 saturated carbocycles. The van der Waals surface area contributed by atoms with Crippen LogP contribution in [0.25, 0.3) is 0 Å². The van der Waals surface area contributed by atoms with Crippen molar-refractivity contribution in [1.82, 2.24) is 10.6 Å². The first-order chi connectivity index (χ1) is 9.90. The Morgan fingerprint density at radius 2 is 1.95 bits per heavy atom. The minimum absolute atomic E-state index is 0. The number of rotatable bonds is 7. The maximum atomic E-state index is 12.7. The number of hydrogen-bond acceptors (Lipinski definition) is 2. The summed E-state index contributed by atoms with van der Waals surface area (Å²) in [6, 6.07) is 4.98. The van der Waals surface area contributed by atoms with Crippen molar-refractivity contribution in [2.24, 2.45) is 0 Å². The number of hydrogen-bond donors (Lipinski definition) is 2. The number of alkyl halides is 3. The molecule has 22 heavy (non-hydrogen) atoms. The van der Waals surface area contributed by atoms with Crippen molar-refractivity contribution < 1.29 is 18.0 Å². The summed E-state index contributed by atoms with van der Waals surface area (Å²) in [5.74, 6) is -0.783. The molecule has 0 aliphatic heterocycles. The van der Waals surface area contributed by atoms with Crippen LogP contribution in [0.2, 0.25) is 0 Å². The SMILES string of the molecule is CCC(C(=O)NCCCNC)c1cccc(C(F)(F)F)c1.Cl. The number of benzene rings is 1.